The van der Waals surface area contributed by atoms with Gasteiger partial charge in [-0.05, 0) is 0 Å². The van der Waals surface area contributed by atoms with Gasteiger partial charge >= 0.3 is 0 Å². The highest BCUT2D eigenvalue weighted by Gasteiger charge is 2.33. The van der Waals surface area contributed by atoms with Crippen LogP contribution in [0, 0.1) is 0 Å². The molecule has 3 aliphatic rings. The van der Waals surface area contributed by atoms with Crippen molar-refractivity contribution in [2.45, 2.75) is 18.6 Å². The van der Waals surface area contributed by atoms with E-state index in [1.165, 1.54) is 0 Å². The highest BCUT2D eigenvalue weighted by Crippen LogP contribution is 2.21. The van der Waals surface area contributed by atoms with Crippen LogP contribution in [0.1, 0.15) is 0 Å². The van der Waals surface area contributed by atoms with E-state index in [9.17, 15) is 0 Å². The van der Waals surface area contributed by atoms with Gasteiger partial charge in [0.2, 0.25) is 0 Å². The Hall–Kier alpha value is -1.40. The zero-order valence-corrected chi connectivity index (χ0v) is 8.00. The quantitative estimate of drug-likeness (QED) is 0.673. The summed E-state index contributed by atoms with van der Waals surface area (Å²) in [5, 5.41) is 2.95. The Balaban J connectivity index is 1.63. The lowest BCUT2D eigenvalue weighted by Gasteiger charge is -2.15. The van der Waals surface area contributed by atoms with Crippen LogP contribution in [0.3, 0.4) is 0 Å². The second kappa shape index (κ2) is 3.63. The Morgan fingerprint density at radius 3 is 3.07 bits per heavy atom. The average Bonchev–Trinajstić information content (AvgIpc) is 3.02. The van der Waals surface area contributed by atoms with Crippen LogP contribution in [-0.2, 0) is 14.2 Å². The number of rotatable bonds is 2. The van der Waals surface area contributed by atoms with Crippen LogP contribution in [0.2, 0.25) is 0 Å². The van der Waals surface area contributed by atoms with Gasteiger partial charge in [0.15, 0.2) is 25.3 Å². The summed E-state index contributed by atoms with van der Waals surface area (Å²) < 4.78 is 16.2. The number of nitrogens with zero attached hydrogens (tertiary/aromatic N) is 2. The summed E-state index contributed by atoms with van der Waals surface area (Å²) in [5.74, 6) is 0.753. The molecule has 0 saturated heterocycles. The molecule has 0 radical (unpaired) electrons. The lowest BCUT2D eigenvalue weighted by Crippen LogP contribution is -2.26. The largest absolute Gasteiger partial charge is 0.473 e. The van der Waals surface area contributed by atoms with E-state index < -0.39 is 0 Å². The van der Waals surface area contributed by atoms with Crippen LogP contribution in [-0.4, -0.2) is 44.3 Å². The normalized spacial score (nSPS) is 37.9. The average molecular weight is 209 g/mol. The van der Waals surface area contributed by atoms with Crippen LogP contribution >= 0.6 is 0 Å². The van der Waals surface area contributed by atoms with Crippen LogP contribution in [0.25, 0.3) is 0 Å². The van der Waals surface area contributed by atoms with E-state index in [4.69, 9.17) is 14.2 Å². The van der Waals surface area contributed by atoms with Crippen LogP contribution in [0.4, 0.5) is 0 Å². The van der Waals surface area contributed by atoms with Crippen molar-refractivity contribution in [3.63, 3.8) is 0 Å². The van der Waals surface area contributed by atoms with E-state index in [1.807, 2.05) is 0 Å². The molecule has 3 atom stereocenters. The van der Waals surface area contributed by atoms with E-state index >= 15 is 0 Å². The molecule has 0 aromatic carbocycles. The number of nitrogens with one attached hydrogen (secondary N) is 1. The van der Waals surface area contributed by atoms with Crippen molar-refractivity contribution in [3.8, 4) is 0 Å². The zero-order valence-electron chi connectivity index (χ0n) is 8.00. The summed E-state index contributed by atoms with van der Waals surface area (Å²) in [4.78, 5) is 8.33. The molecule has 0 bridgehead atoms. The van der Waals surface area contributed by atoms with Gasteiger partial charge in [0.05, 0.1) is 6.61 Å². The molecule has 15 heavy (non-hydrogen) atoms. The van der Waals surface area contributed by atoms with E-state index in [2.05, 4.69) is 15.3 Å². The fourth-order valence-corrected chi connectivity index (χ4v) is 1.63. The van der Waals surface area contributed by atoms with Crippen LogP contribution in [0.5, 0.6) is 0 Å². The van der Waals surface area contributed by atoms with Gasteiger partial charge in [-0.2, -0.15) is 0 Å². The maximum Gasteiger partial charge on any atom is 0.195 e. The molecule has 3 aliphatic heterocycles. The molecule has 0 amide bonds. The standard InChI is InChI=1S/C9H11N3O3/c1-2-13-8(11-1)9-12-4-7(15-9)6-3-10-5-14-6/h1,3-4,7-10H,2,5H2. The maximum atomic E-state index is 5.64. The van der Waals surface area contributed by atoms with Crippen molar-refractivity contribution in [3.05, 3.63) is 12.0 Å². The molecular weight excluding hydrogens is 198 g/mol. The summed E-state index contributed by atoms with van der Waals surface area (Å²) in [6.45, 7) is 1.03. The maximum absolute atomic E-state index is 5.64. The first-order chi connectivity index (χ1) is 7.43. The summed E-state index contributed by atoms with van der Waals surface area (Å²) in [7, 11) is 0. The molecule has 0 aliphatic carbocycles. The number of aliphatic imine (C=N–C) groups is 2. The molecule has 80 valence electrons. The lowest BCUT2D eigenvalue weighted by molar-refractivity contribution is -0.0488. The van der Waals surface area contributed by atoms with E-state index in [0.29, 0.717) is 13.3 Å². The Kier molecular flexibility index (Phi) is 2.15. The van der Waals surface area contributed by atoms with E-state index in [1.54, 1.807) is 18.6 Å². The molecule has 6 nitrogen and oxygen atoms in total. The molecule has 0 aromatic rings. The number of ether oxygens (including phenoxy) is 3. The van der Waals surface area contributed by atoms with Gasteiger partial charge in [0.25, 0.3) is 0 Å². The minimum atomic E-state index is -0.348. The van der Waals surface area contributed by atoms with Crippen molar-refractivity contribution in [1.82, 2.24) is 5.32 Å². The minimum absolute atomic E-state index is 0.218. The number of hydrogen-bond acceptors (Lipinski definition) is 6. The topological polar surface area (TPSA) is 64.4 Å². The number of hydrogen-bond donors (Lipinski definition) is 1. The molecule has 6 heteroatoms. The van der Waals surface area contributed by atoms with E-state index in [-0.39, 0.29) is 18.6 Å². The Morgan fingerprint density at radius 1 is 1.33 bits per heavy atom. The fourth-order valence-electron chi connectivity index (χ4n) is 1.63. The monoisotopic (exact) mass is 209 g/mol. The molecule has 0 fully saturated rings. The molecule has 0 spiro atoms. The smallest absolute Gasteiger partial charge is 0.195 e. The van der Waals surface area contributed by atoms with Crippen LogP contribution < -0.4 is 5.32 Å². The third kappa shape index (κ3) is 1.62. The van der Waals surface area contributed by atoms with Gasteiger partial charge < -0.3 is 19.5 Å². The Morgan fingerprint density at radius 2 is 2.33 bits per heavy atom. The summed E-state index contributed by atoms with van der Waals surface area (Å²) in [6, 6.07) is 0. The second-order valence-corrected chi connectivity index (χ2v) is 3.34. The summed E-state index contributed by atoms with van der Waals surface area (Å²) >= 11 is 0. The van der Waals surface area contributed by atoms with Gasteiger partial charge in [0.1, 0.15) is 5.76 Å². The Bertz CT molecular complexity index is 339. The first-order valence-corrected chi connectivity index (χ1v) is 4.82. The van der Waals surface area contributed by atoms with Gasteiger partial charge in [-0.1, -0.05) is 0 Å². The second-order valence-electron chi connectivity index (χ2n) is 3.34. The lowest BCUT2D eigenvalue weighted by atomic mass is 10.3. The highest BCUT2D eigenvalue weighted by atomic mass is 16.6. The van der Waals surface area contributed by atoms with Crippen molar-refractivity contribution < 1.29 is 14.2 Å². The summed E-state index contributed by atoms with van der Waals surface area (Å²) in [6.07, 6.45) is 4.37. The SMILES string of the molecule is C1=NC(C2N=CC(C3=CNCO3)O2)OC1. The van der Waals surface area contributed by atoms with Crippen molar-refractivity contribution in [1.29, 1.82) is 0 Å². The van der Waals surface area contributed by atoms with Gasteiger partial charge in [-0.25, -0.2) is 0 Å². The molecule has 3 unspecified atom stereocenters. The Labute approximate surface area is 86.6 Å². The highest BCUT2D eigenvalue weighted by molar-refractivity contribution is 5.69. The van der Waals surface area contributed by atoms with Crippen LogP contribution in [0.15, 0.2) is 21.9 Å². The molecule has 1 N–H and O–H groups in total. The third-order valence-electron chi connectivity index (χ3n) is 2.34. The molecule has 3 heterocycles. The van der Waals surface area contributed by atoms with Crippen molar-refractivity contribution in [2.75, 3.05) is 13.3 Å². The first kappa shape index (κ1) is 8.87. The predicted octanol–water partition coefficient (Wildman–Crippen LogP) is -0.372. The first-order valence-electron chi connectivity index (χ1n) is 4.82. The molecular formula is C9H11N3O3. The van der Waals surface area contributed by atoms with Crippen molar-refractivity contribution in [2.24, 2.45) is 9.98 Å². The molecule has 0 saturated carbocycles. The van der Waals surface area contributed by atoms with E-state index in [0.717, 1.165) is 5.76 Å². The molecule has 3 rings (SSSR count). The van der Waals surface area contributed by atoms with Gasteiger partial charge in [0, 0.05) is 18.6 Å². The van der Waals surface area contributed by atoms with Crippen molar-refractivity contribution >= 4 is 12.4 Å². The molecule has 0 aromatic heterocycles. The third-order valence-corrected chi connectivity index (χ3v) is 2.34. The predicted molar refractivity (Wildman–Crippen MR) is 52.6 cm³/mol. The fraction of sp³-hybridized carbons (Fsp3) is 0.556. The zero-order chi connectivity index (χ0) is 10.1. The van der Waals surface area contributed by atoms with Gasteiger partial charge in [-0.15, -0.1) is 0 Å². The summed E-state index contributed by atoms with van der Waals surface area (Å²) in [5.41, 5.74) is 0. The van der Waals surface area contributed by atoms with Gasteiger partial charge in [-0.3, -0.25) is 9.98 Å². The minimum Gasteiger partial charge on any atom is -0.473 e.